The molecule has 0 N–H and O–H groups in total. The molecule has 3 nitrogen and oxygen atoms in total. The van der Waals surface area contributed by atoms with E-state index >= 15 is 0 Å². The van der Waals surface area contributed by atoms with E-state index in [1.54, 1.807) is 0 Å². The van der Waals surface area contributed by atoms with Gasteiger partial charge in [0.15, 0.2) is 0 Å². The molecule has 0 aromatic heterocycles. The topological polar surface area (TPSA) is 43.4 Å². The Kier molecular flexibility index (Phi) is 35.2. The monoisotopic (exact) mass is 118 g/mol. The third-order valence-corrected chi connectivity index (χ3v) is 0.0833. The third-order valence-electron chi connectivity index (χ3n) is 0.0833. The van der Waals surface area contributed by atoms with Gasteiger partial charge < -0.3 is 14.3 Å². The van der Waals surface area contributed by atoms with Crippen LogP contribution in [0.3, 0.4) is 0 Å². The van der Waals surface area contributed by atoms with E-state index in [1.165, 1.54) is 0 Å². The predicted octanol–water partition coefficient (Wildman–Crippen LogP) is -6.85. The quantitative estimate of drug-likeness (QED) is 0.205. The van der Waals surface area contributed by atoms with E-state index in [4.69, 9.17) is 9.59 Å². The molecule has 7 heavy (non-hydrogen) atoms. The van der Waals surface area contributed by atoms with Crippen LogP contribution < -0.4 is 59.1 Å². The van der Waals surface area contributed by atoms with Gasteiger partial charge in [-0.1, -0.05) is 0 Å². The molecule has 0 aliphatic carbocycles. The zero-order chi connectivity index (χ0) is 4.12. The minimum atomic E-state index is 0. The van der Waals surface area contributed by atoms with Crippen molar-refractivity contribution in [1.82, 2.24) is 0 Å². The van der Waals surface area contributed by atoms with Crippen LogP contribution >= 0.6 is 0 Å². The van der Waals surface area contributed by atoms with Crippen LogP contribution in [0.5, 0.6) is 0 Å². The fourth-order valence-electron chi connectivity index (χ4n) is 0.0170. The van der Waals surface area contributed by atoms with Crippen LogP contribution in [-0.4, -0.2) is 12.9 Å². The minimum absolute atomic E-state index is 0. The third kappa shape index (κ3) is 19.1. The molecule has 0 saturated heterocycles. The van der Waals surface area contributed by atoms with Crippen molar-refractivity contribution in [3.05, 3.63) is 0 Å². The Morgan fingerprint density at radius 2 is 1.29 bits per heavy atom. The first-order valence-corrected chi connectivity index (χ1v) is 0.816. The number of rotatable bonds is 2. The van der Waals surface area contributed by atoms with Crippen LogP contribution in [0.25, 0.3) is 0 Å². The predicted molar refractivity (Wildman–Crippen MR) is 12.5 cm³/mol. The molecule has 0 aliphatic rings. The van der Waals surface area contributed by atoms with Crippen LogP contribution in [0, 0.1) is 0 Å². The summed E-state index contributed by atoms with van der Waals surface area (Å²) in [5.41, 5.74) is 0. The summed E-state index contributed by atoms with van der Waals surface area (Å²) >= 11 is 0. The van der Waals surface area contributed by atoms with Crippen molar-refractivity contribution in [1.29, 1.82) is 0 Å². The maximum Gasteiger partial charge on any atom is 1.00 e. The fraction of sp³-hybridized carbons (Fsp3) is 0. The van der Waals surface area contributed by atoms with E-state index in [0.29, 0.717) is 0 Å². The zero-order valence-corrected chi connectivity index (χ0v) is 8.22. The molecule has 0 aliphatic heterocycles. The summed E-state index contributed by atoms with van der Waals surface area (Å²) in [4.78, 5) is 17.6. The summed E-state index contributed by atoms with van der Waals surface area (Å²) < 4.78 is 3.22. The van der Waals surface area contributed by atoms with Crippen LogP contribution in [0.4, 0.5) is 0 Å². The molecule has 0 spiro atoms. The summed E-state index contributed by atoms with van der Waals surface area (Å²) in [5, 5.41) is 0. The summed E-state index contributed by atoms with van der Waals surface area (Å²) in [7, 11) is 0. The van der Waals surface area contributed by atoms with Gasteiger partial charge in [-0.25, -0.2) is 0 Å². The van der Waals surface area contributed by atoms with Gasteiger partial charge in [-0.3, -0.25) is 0 Å². The largest absolute Gasteiger partial charge is 1.00 e. The Balaban J connectivity index is -0.0000000800. The zero-order valence-electron chi connectivity index (χ0n) is 4.22. The van der Waals surface area contributed by atoms with Gasteiger partial charge in [0.1, 0.15) is 0 Å². The first kappa shape index (κ1) is 15.7. The normalized spacial score (nSPS) is 4.00. The molecule has 0 rings (SSSR count). The van der Waals surface area contributed by atoms with Crippen LogP contribution in [0.1, 0.15) is 0 Å². The number of hydrogen-bond donors (Lipinski definition) is 0. The summed E-state index contributed by atoms with van der Waals surface area (Å²) in [6, 6.07) is 0. The molecule has 0 heterocycles. The summed E-state index contributed by atoms with van der Waals surface area (Å²) in [5.74, 6) is 0. The fourth-order valence-corrected chi connectivity index (χ4v) is 0.0170. The maximum absolute atomic E-state index is 8.80. The van der Waals surface area contributed by atoms with Crippen molar-refractivity contribution in [2.75, 3.05) is 0 Å². The van der Waals surface area contributed by atoms with Gasteiger partial charge in [0.25, 0.3) is 0 Å². The molecule has 0 bridgehead atoms. The van der Waals surface area contributed by atoms with E-state index in [0.717, 1.165) is 12.9 Å². The van der Waals surface area contributed by atoms with Gasteiger partial charge in [-0.05, 0) is 0 Å². The first-order valence-electron chi connectivity index (χ1n) is 0.816. The molecule has 28 valence electrons. The van der Waals surface area contributed by atoms with Gasteiger partial charge in [-0.15, -0.1) is 12.9 Å². The molecule has 0 aromatic rings. The molecule has 0 fully saturated rings. The van der Waals surface area contributed by atoms with Gasteiger partial charge in [0.05, 0.1) is 0 Å². The van der Waals surface area contributed by atoms with Gasteiger partial charge in [0, 0.05) is 0 Å². The van der Waals surface area contributed by atoms with Crippen molar-refractivity contribution in [2.24, 2.45) is 0 Å². The van der Waals surface area contributed by atoms with Gasteiger partial charge >= 0.3 is 59.1 Å². The number of carbonyl (C=O) groups excluding carboxylic acids is 2. The molecule has 0 amide bonds. The Hall–Kier alpha value is 1.14. The van der Waals surface area contributed by atoms with Crippen LogP contribution in [0.15, 0.2) is 0 Å². The smallest absolute Gasteiger partial charge is 0.783 e. The van der Waals surface area contributed by atoms with E-state index in [1.807, 2.05) is 0 Å². The first-order chi connectivity index (χ1) is 2.41. The van der Waals surface area contributed by atoms with Crippen molar-refractivity contribution in [3.8, 4) is 0 Å². The van der Waals surface area contributed by atoms with Gasteiger partial charge in [-0.2, -0.15) is 0 Å². The van der Waals surface area contributed by atoms with Crippen molar-refractivity contribution in [2.45, 2.75) is 0 Å². The molecular weight excluding hydrogens is 118 g/mol. The van der Waals surface area contributed by atoms with E-state index in [2.05, 4.69) is 4.74 Å². The average Bonchev–Trinajstić information content (AvgIpc) is 1.41. The molecular formula is C2Na2O3. The van der Waals surface area contributed by atoms with E-state index < -0.39 is 0 Å². The maximum atomic E-state index is 8.80. The molecule has 0 radical (unpaired) electrons. The van der Waals surface area contributed by atoms with Crippen molar-refractivity contribution in [3.63, 3.8) is 0 Å². The summed E-state index contributed by atoms with van der Waals surface area (Å²) in [6.07, 6.45) is 0. The molecule has 5 heteroatoms. The second kappa shape index (κ2) is 15.7. The minimum Gasteiger partial charge on any atom is -0.783 e. The second-order valence-electron chi connectivity index (χ2n) is 0.269. The Morgan fingerprint density at radius 1 is 1.00 bits per heavy atom. The van der Waals surface area contributed by atoms with E-state index in [9.17, 15) is 0 Å². The number of ether oxygens (including phenoxy) is 1. The Labute approximate surface area is 85.4 Å². The van der Waals surface area contributed by atoms with Crippen molar-refractivity contribution < 1.29 is 73.4 Å². The standard InChI is InChI=1S/C2O3.2Na/c3-1-5-2-4;;/q-2;2*+1. The van der Waals surface area contributed by atoms with Crippen LogP contribution in [-0.2, 0) is 14.3 Å². The molecule has 0 aromatic carbocycles. The van der Waals surface area contributed by atoms with Crippen molar-refractivity contribution >= 4 is 12.9 Å². The molecule has 0 atom stereocenters. The summed E-state index contributed by atoms with van der Waals surface area (Å²) in [6.45, 7) is 1.69. The second-order valence-corrected chi connectivity index (χ2v) is 0.269. The molecule has 0 unspecified atom stereocenters. The van der Waals surface area contributed by atoms with Crippen LogP contribution in [0.2, 0.25) is 0 Å². The van der Waals surface area contributed by atoms with E-state index in [-0.39, 0.29) is 59.1 Å². The Bertz CT molecular complexity index is 40.2. The SMILES string of the molecule is O=[C-]O[C-]=O.[Na+].[Na+]. The molecule has 0 saturated carbocycles. The Morgan fingerprint density at radius 3 is 1.29 bits per heavy atom. The number of hydrogen-bond acceptors (Lipinski definition) is 3. The van der Waals surface area contributed by atoms with Gasteiger partial charge in [0.2, 0.25) is 0 Å². The average molecular weight is 118 g/mol.